The smallest absolute Gasteiger partial charge is 0.416 e. The molecule has 2 aliphatic rings. The van der Waals surface area contributed by atoms with Crippen molar-refractivity contribution in [2.45, 2.75) is 31.5 Å². The third-order valence-corrected chi connectivity index (χ3v) is 5.04. The van der Waals surface area contributed by atoms with Crippen LogP contribution in [0.25, 0.3) is 0 Å². The average Bonchev–Trinajstić information content (AvgIpc) is 3.19. The molecule has 0 saturated carbocycles. The maximum atomic E-state index is 13.2. The van der Waals surface area contributed by atoms with Crippen molar-refractivity contribution in [3.63, 3.8) is 0 Å². The number of amides is 2. The van der Waals surface area contributed by atoms with Gasteiger partial charge in [0, 0.05) is 12.6 Å². The van der Waals surface area contributed by atoms with Crippen LogP contribution < -0.4 is 14.4 Å². The molecule has 2 N–H and O–H groups in total. The fourth-order valence-electron chi connectivity index (χ4n) is 3.67. The number of carboxylic acids is 1. The van der Waals surface area contributed by atoms with Crippen LogP contribution in [0.2, 0.25) is 0 Å². The van der Waals surface area contributed by atoms with Crippen LogP contribution in [0.3, 0.4) is 0 Å². The highest BCUT2D eigenvalue weighted by atomic mass is 16.6. The van der Waals surface area contributed by atoms with Crippen molar-refractivity contribution >= 4 is 23.7 Å². The van der Waals surface area contributed by atoms with E-state index in [2.05, 4.69) is 6.58 Å². The lowest BCUT2D eigenvalue weighted by molar-refractivity contribution is -0.137. The summed E-state index contributed by atoms with van der Waals surface area (Å²) in [6.45, 7) is 3.74. The molecule has 162 valence electrons. The topological polar surface area (TPSA) is 126 Å². The van der Waals surface area contributed by atoms with Crippen molar-refractivity contribution in [1.29, 1.82) is 0 Å². The van der Waals surface area contributed by atoms with E-state index in [0.717, 1.165) is 4.90 Å². The maximum absolute atomic E-state index is 13.2. The summed E-state index contributed by atoms with van der Waals surface area (Å²) < 4.78 is 16.0. The largest absolute Gasteiger partial charge is 0.493 e. The molecule has 1 aromatic rings. The van der Waals surface area contributed by atoms with Crippen molar-refractivity contribution < 1.29 is 38.8 Å². The summed E-state index contributed by atoms with van der Waals surface area (Å²) in [5.41, 5.74) is 0.249. The van der Waals surface area contributed by atoms with E-state index < -0.39 is 24.3 Å². The van der Waals surface area contributed by atoms with Gasteiger partial charge in [0.2, 0.25) is 0 Å². The molecule has 3 rings (SSSR count). The number of carbonyl (C=O) groups is 3. The van der Waals surface area contributed by atoms with Crippen LogP contribution in [-0.4, -0.2) is 72.2 Å². The third kappa shape index (κ3) is 4.04. The molecule has 2 heterocycles. The first-order valence-electron chi connectivity index (χ1n) is 9.51. The van der Waals surface area contributed by atoms with E-state index in [1.54, 1.807) is 0 Å². The van der Waals surface area contributed by atoms with Crippen LogP contribution in [0.5, 0.6) is 11.5 Å². The molecule has 10 nitrogen and oxygen atoms in total. The van der Waals surface area contributed by atoms with Crippen LogP contribution in [0.15, 0.2) is 24.8 Å². The van der Waals surface area contributed by atoms with Gasteiger partial charge in [0.25, 0.3) is 5.91 Å². The Morgan fingerprint density at radius 2 is 2.10 bits per heavy atom. The summed E-state index contributed by atoms with van der Waals surface area (Å²) in [4.78, 5) is 39.3. The average molecular weight is 420 g/mol. The Morgan fingerprint density at radius 1 is 1.33 bits per heavy atom. The van der Waals surface area contributed by atoms with Crippen LogP contribution in [0.4, 0.5) is 10.5 Å². The Bertz CT molecular complexity index is 855. The van der Waals surface area contributed by atoms with Crippen molar-refractivity contribution in [2.75, 3.05) is 31.8 Å². The van der Waals surface area contributed by atoms with Gasteiger partial charge >= 0.3 is 12.1 Å². The lowest BCUT2D eigenvalue weighted by atomic mass is 10.1. The number of rotatable bonds is 7. The number of aliphatic carboxylic acids is 1. The fraction of sp³-hybridized carbons (Fsp3) is 0.450. The monoisotopic (exact) mass is 420 g/mol. The van der Waals surface area contributed by atoms with Crippen LogP contribution in [0.1, 0.15) is 29.6 Å². The summed E-state index contributed by atoms with van der Waals surface area (Å²) in [5, 5.41) is 19.8. The van der Waals surface area contributed by atoms with Crippen LogP contribution in [0, 0.1) is 0 Å². The van der Waals surface area contributed by atoms with Gasteiger partial charge < -0.3 is 29.3 Å². The summed E-state index contributed by atoms with van der Waals surface area (Å²) >= 11 is 0. The van der Waals surface area contributed by atoms with Gasteiger partial charge in [-0.15, -0.1) is 0 Å². The van der Waals surface area contributed by atoms with Gasteiger partial charge in [-0.3, -0.25) is 9.59 Å². The number of ether oxygens (including phenoxy) is 3. The van der Waals surface area contributed by atoms with E-state index in [1.807, 2.05) is 0 Å². The van der Waals surface area contributed by atoms with E-state index in [9.17, 15) is 19.5 Å². The second-order valence-corrected chi connectivity index (χ2v) is 6.87. The van der Waals surface area contributed by atoms with Gasteiger partial charge in [0.1, 0.15) is 6.61 Å². The van der Waals surface area contributed by atoms with E-state index in [4.69, 9.17) is 19.3 Å². The number of methoxy groups -OCH3 is 1. The van der Waals surface area contributed by atoms with Gasteiger partial charge in [0.15, 0.2) is 17.7 Å². The zero-order valence-electron chi connectivity index (χ0n) is 16.6. The third-order valence-electron chi connectivity index (χ3n) is 5.04. The molecule has 1 unspecified atom stereocenters. The number of benzene rings is 1. The predicted molar refractivity (Wildman–Crippen MR) is 105 cm³/mol. The molecule has 1 fully saturated rings. The number of hydrogen-bond donors (Lipinski definition) is 2. The Kier molecular flexibility index (Phi) is 6.46. The zero-order chi connectivity index (χ0) is 21.8. The first kappa shape index (κ1) is 21.4. The second-order valence-electron chi connectivity index (χ2n) is 6.87. The molecule has 0 spiro atoms. The van der Waals surface area contributed by atoms with E-state index >= 15 is 0 Å². The second kappa shape index (κ2) is 9.04. The predicted octanol–water partition coefficient (Wildman–Crippen LogP) is 1.61. The molecule has 2 amide bonds. The lowest BCUT2D eigenvalue weighted by Crippen LogP contribution is -2.50. The Morgan fingerprint density at radius 3 is 2.77 bits per heavy atom. The number of anilines is 1. The first-order chi connectivity index (χ1) is 14.4. The summed E-state index contributed by atoms with van der Waals surface area (Å²) in [6.07, 6.45) is 0.215. The summed E-state index contributed by atoms with van der Waals surface area (Å²) in [5.74, 6) is -1.04. The normalized spacial score (nSPS) is 20.1. The number of aliphatic hydroxyl groups is 1. The minimum absolute atomic E-state index is 0.0716. The fourth-order valence-corrected chi connectivity index (χ4v) is 3.67. The molecular formula is C20H24N2O8. The molecule has 1 saturated heterocycles. The van der Waals surface area contributed by atoms with E-state index in [-0.39, 0.29) is 48.3 Å². The molecule has 0 radical (unpaired) electrons. The van der Waals surface area contributed by atoms with Crippen LogP contribution in [-0.2, 0) is 9.53 Å². The Hall–Kier alpha value is -3.27. The number of carboxylic acid groups (broad SMARTS) is 1. The molecule has 1 aromatic carbocycles. The summed E-state index contributed by atoms with van der Waals surface area (Å²) in [7, 11) is 1.39. The Labute approximate surface area is 173 Å². The minimum Gasteiger partial charge on any atom is -0.493 e. The number of aliphatic hydroxyl groups excluding tert-OH is 1. The number of hydrogen-bond acceptors (Lipinski definition) is 7. The van der Waals surface area contributed by atoms with E-state index in [1.165, 1.54) is 30.2 Å². The van der Waals surface area contributed by atoms with Crippen molar-refractivity contribution in [3.05, 3.63) is 30.4 Å². The molecule has 0 aliphatic carbocycles. The quantitative estimate of drug-likeness (QED) is 0.638. The van der Waals surface area contributed by atoms with Gasteiger partial charge in [0.05, 0.1) is 37.4 Å². The SMILES string of the molecule is C=CCOC(=O)N1c2cc(OCCC(=O)O)c(OC)cc2C(=O)N2CCC[C@H]2C1O. The standard InChI is InChI=1S/C20H24N2O8/c1-3-8-30-20(27)22-14-11-16(29-9-6-17(23)24)15(28-2)10-12(14)18(25)21-7-4-5-13(21)19(22)26/h3,10-11,13,19,26H,1,4-9H2,2H3,(H,23,24)/t13-,19?/m0/s1. The van der Waals surface area contributed by atoms with Crippen LogP contribution >= 0.6 is 0 Å². The zero-order valence-corrected chi connectivity index (χ0v) is 16.6. The maximum Gasteiger partial charge on any atom is 0.416 e. The number of carbonyl (C=O) groups excluding carboxylic acids is 2. The molecule has 30 heavy (non-hydrogen) atoms. The van der Waals surface area contributed by atoms with Crippen molar-refractivity contribution in [3.8, 4) is 11.5 Å². The van der Waals surface area contributed by atoms with Gasteiger partial charge in [-0.1, -0.05) is 12.7 Å². The molecule has 2 aliphatic heterocycles. The highest BCUT2D eigenvalue weighted by Crippen LogP contribution is 2.41. The van der Waals surface area contributed by atoms with Gasteiger partial charge in [-0.25, -0.2) is 9.69 Å². The summed E-state index contributed by atoms with van der Waals surface area (Å²) in [6, 6.07) is 2.23. The van der Waals surface area contributed by atoms with E-state index in [0.29, 0.717) is 19.4 Å². The lowest BCUT2D eigenvalue weighted by Gasteiger charge is -2.31. The molecule has 10 heteroatoms. The van der Waals surface area contributed by atoms with Gasteiger partial charge in [-0.2, -0.15) is 0 Å². The molecule has 0 bridgehead atoms. The molecule has 0 aromatic heterocycles. The number of fused-ring (bicyclic) bond motifs is 2. The molecular weight excluding hydrogens is 396 g/mol. The minimum atomic E-state index is -1.32. The van der Waals surface area contributed by atoms with Crippen molar-refractivity contribution in [2.24, 2.45) is 0 Å². The number of nitrogens with zero attached hydrogens (tertiary/aromatic N) is 2. The van der Waals surface area contributed by atoms with Crippen molar-refractivity contribution in [1.82, 2.24) is 4.90 Å². The highest BCUT2D eigenvalue weighted by molar-refractivity contribution is 6.06. The Balaban J connectivity index is 2.08. The van der Waals surface area contributed by atoms with Gasteiger partial charge in [-0.05, 0) is 18.9 Å². The highest BCUT2D eigenvalue weighted by Gasteiger charge is 2.45. The molecule has 2 atom stereocenters. The first-order valence-corrected chi connectivity index (χ1v) is 9.51.